The second-order valence-electron chi connectivity index (χ2n) is 3.86. The minimum Gasteiger partial charge on any atom is -0.309 e. The molecule has 1 N–H and O–H groups in total. The summed E-state index contributed by atoms with van der Waals surface area (Å²) in [6.07, 6.45) is 0. The van der Waals surface area contributed by atoms with Crippen molar-refractivity contribution < 1.29 is 4.79 Å². The van der Waals surface area contributed by atoms with Crippen molar-refractivity contribution in [3.05, 3.63) is 23.9 Å². The summed E-state index contributed by atoms with van der Waals surface area (Å²) in [5.41, 5.74) is -0.214. The van der Waals surface area contributed by atoms with Crippen LogP contribution in [0.25, 0.3) is 0 Å². The summed E-state index contributed by atoms with van der Waals surface area (Å²) >= 11 is 0. The topological polar surface area (TPSA) is 65.8 Å². The van der Waals surface area contributed by atoms with Crippen molar-refractivity contribution in [1.29, 1.82) is 5.26 Å². The van der Waals surface area contributed by atoms with Crippen LogP contribution in [0.5, 0.6) is 0 Å². The first kappa shape index (κ1) is 11.2. The van der Waals surface area contributed by atoms with E-state index in [4.69, 9.17) is 5.26 Å². The molecular formula is C11H13N3O. The van der Waals surface area contributed by atoms with E-state index < -0.39 is 5.41 Å². The Balaban J connectivity index is 2.81. The molecule has 0 bridgehead atoms. The van der Waals surface area contributed by atoms with Crippen molar-refractivity contribution in [2.24, 2.45) is 5.41 Å². The molecule has 0 aliphatic carbocycles. The zero-order chi connectivity index (χ0) is 11.5. The van der Waals surface area contributed by atoms with Gasteiger partial charge < -0.3 is 5.32 Å². The van der Waals surface area contributed by atoms with Gasteiger partial charge in [0.15, 0.2) is 0 Å². The molecule has 78 valence electrons. The molecule has 1 aromatic rings. The Bertz CT molecular complexity index is 418. The number of carbonyl (C=O) groups excluding carboxylic acids is 1. The molecule has 0 saturated heterocycles. The van der Waals surface area contributed by atoms with Gasteiger partial charge in [-0.15, -0.1) is 0 Å². The molecule has 1 rings (SSSR count). The van der Waals surface area contributed by atoms with Crippen molar-refractivity contribution in [2.75, 3.05) is 5.32 Å². The lowest BCUT2D eigenvalue weighted by Gasteiger charge is -2.14. The van der Waals surface area contributed by atoms with Gasteiger partial charge in [-0.2, -0.15) is 5.26 Å². The molecule has 0 saturated carbocycles. The van der Waals surface area contributed by atoms with Gasteiger partial charge >= 0.3 is 0 Å². The van der Waals surface area contributed by atoms with Crippen LogP contribution in [0, 0.1) is 23.7 Å². The number of hydrogen-bond acceptors (Lipinski definition) is 3. The summed E-state index contributed by atoms with van der Waals surface area (Å²) < 4.78 is 0. The number of nitrogens with zero attached hydrogens (tertiary/aromatic N) is 2. The van der Waals surface area contributed by atoms with E-state index in [-0.39, 0.29) is 5.91 Å². The molecule has 1 aromatic heterocycles. The molecule has 0 aromatic carbocycles. The van der Waals surface area contributed by atoms with Crippen molar-refractivity contribution in [2.45, 2.75) is 20.8 Å². The third-order valence-corrected chi connectivity index (χ3v) is 1.98. The lowest BCUT2D eigenvalue weighted by molar-refractivity contribution is -0.121. The molecular weight excluding hydrogens is 190 g/mol. The number of pyridine rings is 1. The molecule has 0 radical (unpaired) electrons. The normalized spacial score (nSPS) is 10.5. The van der Waals surface area contributed by atoms with Crippen LogP contribution in [0.1, 0.15) is 19.5 Å². The maximum atomic E-state index is 11.6. The monoisotopic (exact) mass is 203 g/mol. The van der Waals surface area contributed by atoms with Gasteiger partial charge in [0.25, 0.3) is 0 Å². The summed E-state index contributed by atoms with van der Waals surface area (Å²) in [6, 6.07) is 7.27. The average Bonchev–Trinajstić information content (AvgIpc) is 2.17. The van der Waals surface area contributed by atoms with Gasteiger partial charge in [0, 0.05) is 5.69 Å². The fourth-order valence-electron chi connectivity index (χ4n) is 0.936. The van der Waals surface area contributed by atoms with Crippen LogP contribution in [-0.2, 0) is 4.79 Å². The quantitative estimate of drug-likeness (QED) is 0.798. The fraction of sp³-hybridized carbons (Fsp3) is 0.364. The largest absolute Gasteiger partial charge is 0.309 e. The molecule has 0 aliphatic heterocycles. The van der Waals surface area contributed by atoms with E-state index in [0.717, 1.165) is 5.69 Å². The molecule has 0 atom stereocenters. The minimum absolute atomic E-state index is 0.344. The van der Waals surface area contributed by atoms with Gasteiger partial charge in [-0.05, 0) is 32.9 Å². The number of hydrogen-bond donors (Lipinski definition) is 1. The molecule has 0 spiro atoms. The smallest absolute Gasteiger partial charge is 0.245 e. The van der Waals surface area contributed by atoms with Gasteiger partial charge in [0.05, 0.1) is 6.07 Å². The third kappa shape index (κ3) is 2.78. The SMILES string of the molecule is Cc1cccc(NC(=O)C(C)(C)C#N)n1. The van der Waals surface area contributed by atoms with E-state index in [1.165, 1.54) is 0 Å². The second kappa shape index (κ2) is 4.09. The molecule has 0 aliphatic rings. The van der Waals surface area contributed by atoms with Crippen LogP contribution in [0.3, 0.4) is 0 Å². The number of rotatable bonds is 2. The molecule has 0 unspecified atom stereocenters. The predicted octanol–water partition coefficient (Wildman–Crippen LogP) is 1.88. The number of nitriles is 1. The standard InChI is InChI=1S/C11H13N3O/c1-8-5-4-6-9(13-8)14-10(15)11(2,3)7-12/h4-6H,1-3H3,(H,13,14,15). The van der Waals surface area contributed by atoms with Crippen molar-refractivity contribution in [3.8, 4) is 6.07 Å². The van der Waals surface area contributed by atoms with Crippen LogP contribution in [0.15, 0.2) is 18.2 Å². The van der Waals surface area contributed by atoms with Crippen LogP contribution >= 0.6 is 0 Å². The predicted molar refractivity (Wildman–Crippen MR) is 57.0 cm³/mol. The van der Waals surface area contributed by atoms with E-state index in [1.807, 2.05) is 19.1 Å². The van der Waals surface area contributed by atoms with Gasteiger partial charge in [-0.1, -0.05) is 6.07 Å². The Labute approximate surface area is 88.9 Å². The van der Waals surface area contributed by atoms with E-state index >= 15 is 0 Å². The number of nitrogens with one attached hydrogen (secondary N) is 1. The summed E-state index contributed by atoms with van der Waals surface area (Å²) in [6.45, 7) is 4.97. The fourth-order valence-corrected chi connectivity index (χ4v) is 0.936. The molecule has 15 heavy (non-hydrogen) atoms. The molecule has 4 heteroatoms. The van der Waals surface area contributed by atoms with Crippen LogP contribution in [0.4, 0.5) is 5.82 Å². The van der Waals surface area contributed by atoms with Crippen LogP contribution in [-0.4, -0.2) is 10.9 Å². The average molecular weight is 203 g/mol. The van der Waals surface area contributed by atoms with Gasteiger partial charge in [0.1, 0.15) is 11.2 Å². The lowest BCUT2D eigenvalue weighted by atomic mass is 9.95. The van der Waals surface area contributed by atoms with Crippen molar-refractivity contribution in [3.63, 3.8) is 0 Å². The first-order valence-electron chi connectivity index (χ1n) is 4.62. The Morgan fingerprint density at radius 3 is 2.73 bits per heavy atom. The van der Waals surface area contributed by atoms with Gasteiger partial charge in [-0.25, -0.2) is 4.98 Å². The van der Waals surface area contributed by atoms with E-state index in [9.17, 15) is 4.79 Å². The first-order valence-corrected chi connectivity index (χ1v) is 4.62. The van der Waals surface area contributed by atoms with Crippen molar-refractivity contribution >= 4 is 11.7 Å². The van der Waals surface area contributed by atoms with E-state index in [2.05, 4.69) is 10.3 Å². The number of aryl methyl sites for hydroxylation is 1. The Kier molecular flexibility index (Phi) is 3.05. The highest BCUT2D eigenvalue weighted by Crippen LogP contribution is 2.16. The number of aromatic nitrogens is 1. The first-order chi connectivity index (χ1) is 6.95. The highest BCUT2D eigenvalue weighted by molar-refractivity contribution is 5.95. The number of amides is 1. The summed E-state index contributed by atoms with van der Waals surface area (Å²) in [5, 5.41) is 11.4. The Morgan fingerprint density at radius 2 is 2.20 bits per heavy atom. The van der Waals surface area contributed by atoms with Gasteiger partial charge in [0.2, 0.25) is 5.91 Å². The zero-order valence-electron chi connectivity index (χ0n) is 9.03. The second-order valence-corrected chi connectivity index (χ2v) is 3.86. The molecule has 1 heterocycles. The highest BCUT2D eigenvalue weighted by atomic mass is 16.2. The maximum Gasteiger partial charge on any atom is 0.245 e. The number of carbonyl (C=O) groups is 1. The van der Waals surface area contributed by atoms with E-state index in [0.29, 0.717) is 5.82 Å². The van der Waals surface area contributed by atoms with Crippen LogP contribution in [0.2, 0.25) is 0 Å². The maximum absolute atomic E-state index is 11.6. The highest BCUT2D eigenvalue weighted by Gasteiger charge is 2.27. The Morgan fingerprint density at radius 1 is 1.53 bits per heavy atom. The van der Waals surface area contributed by atoms with Gasteiger partial charge in [-0.3, -0.25) is 4.79 Å². The summed E-state index contributed by atoms with van der Waals surface area (Å²) in [5.74, 6) is 0.131. The van der Waals surface area contributed by atoms with E-state index in [1.54, 1.807) is 26.0 Å². The summed E-state index contributed by atoms with van der Waals surface area (Å²) in [4.78, 5) is 15.7. The molecule has 0 fully saturated rings. The van der Waals surface area contributed by atoms with Crippen LogP contribution < -0.4 is 5.32 Å². The Hall–Kier alpha value is -1.89. The third-order valence-electron chi connectivity index (χ3n) is 1.98. The minimum atomic E-state index is -1.04. The zero-order valence-corrected chi connectivity index (χ0v) is 9.03. The molecule has 4 nitrogen and oxygen atoms in total. The van der Waals surface area contributed by atoms with Crippen molar-refractivity contribution in [1.82, 2.24) is 4.98 Å². The number of anilines is 1. The lowest BCUT2D eigenvalue weighted by Crippen LogP contribution is -2.29. The molecule has 1 amide bonds. The summed E-state index contributed by atoms with van der Waals surface area (Å²) in [7, 11) is 0.